The summed E-state index contributed by atoms with van der Waals surface area (Å²) in [5.74, 6) is -0.556. The number of carbonyl (C=O) groups is 2. The number of hydrogen-bond acceptors (Lipinski definition) is 8. The summed E-state index contributed by atoms with van der Waals surface area (Å²) >= 11 is 0. The molecular formula is C28H44N4O4. The van der Waals surface area contributed by atoms with Crippen molar-refractivity contribution in [1.82, 2.24) is 9.80 Å². The topological polar surface area (TPSA) is 97.1 Å². The molecule has 0 heterocycles. The van der Waals surface area contributed by atoms with Gasteiger partial charge in [0.25, 0.3) is 0 Å². The van der Waals surface area contributed by atoms with Crippen LogP contribution < -0.4 is 11.1 Å². The predicted octanol–water partition coefficient (Wildman–Crippen LogP) is 4.38. The molecule has 200 valence electrons. The van der Waals surface area contributed by atoms with Crippen molar-refractivity contribution in [3.05, 3.63) is 59.7 Å². The van der Waals surface area contributed by atoms with Crippen LogP contribution >= 0.6 is 0 Å². The number of nitrogens with two attached hydrogens (primary N) is 1. The minimum absolute atomic E-state index is 0.262. The molecule has 0 fully saturated rings. The molecule has 0 amide bonds. The van der Waals surface area contributed by atoms with Gasteiger partial charge in [0.05, 0.1) is 11.1 Å². The Hall–Kier alpha value is -3.10. The van der Waals surface area contributed by atoms with E-state index in [0.717, 1.165) is 44.8 Å². The van der Waals surface area contributed by atoms with Crippen LogP contribution in [0.1, 0.15) is 54.3 Å². The summed E-state index contributed by atoms with van der Waals surface area (Å²) in [6.45, 7) is 11.6. The second kappa shape index (κ2) is 18.2. The molecule has 2 rings (SSSR count). The van der Waals surface area contributed by atoms with Crippen molar-refractivity contribution in [2.45, 2.75) is 33.6 Å². The number of rotatable bonds is 14. The third-order valence-corrected chi connectivity index (χ3v) is 5.43. The number of nitrogens with one attached hydrogen (secondary N) is 1. The minimum Gasteiger partial charge on any atom is -0.461 e. The number of ether oxygens (including phenoxy) is 2. The molecule has 0 saturated heterocycles. The van der Waals surface area contributed by atoms with Gasteiger partial charge in [0.2, 0.25) is 0 Å². The van der Waals surface area contributed by atoms with Crippen LogP contribution in [0.5, 0.6) is 0 Å². The van der Waals surface area contributed by atoms with Gasteiger partial charge in [-0.3, -0.25) is 0 Å². The third kappa shape index (κ3) is 13.1. The van der Waals surface area contributed by atoms with Crippen LogP contribution in [0.4, 0.5) is 11.4 Å². The monoisotopic (exact) mass is 500 g/mol. The van der Waals surface area contributed by atoms with Crippen LogP contribution in [0, 0.1) is 0 Å². The molecule has 0 atom stereocenters. The Morgan fingerprint density at radius 2 is 1.31 bits per heavy atom. The van der Waals surface area contributed by atoms with Crippen LogP contribution in [-0.2, 0) is 9.47 Å². The quantitative estimate of drug-likeness (QED) is 0.224. The second-order valence-corrected chi connectivity index (χ2v) is 8.58. The first-order chi connectivity index (χ1) is 17.3. The fraction of sp³-hybridized carbons (Fsp3) is 0.500. The Morgan fingerprint density at radius 3 is 1.78 bits per heavy atom. The Kier molecular flexibility index (Phi) is 15.6. The van der Waals surface area contributed by atoms with Crippen molar-refractivity contribution >= 4 is 23.3 Å². The average molecular weight is 501 g/mol. The van der Waals surface area contributed by atoms with Gasteiger partial charge in [-0.2, -0.15) is 0 Å². The average Bonchev–Trinajstić information content (AvgIpc) is 2.87. The van der Waals surface area contributed by atoms with Crippen molar-refractivity contribution in [3.8, 4) is 0 Å². The molecule has 0 saturated carbocycles. The predicted molar refractivity (Wildman–Crippen MR) is 148 cm³/mol. The van der Waals surface area contributed by atoms with Crippen molar-refractivity contribution < 1.29 is 19.1 Å². The first-order valence-corrected chi connectivity index (χ1v) is 12.7. The molecule has 0 aromatic heterocycles. The van der Waals surface area contributed by atoms with Crippen molar-refractivity contribution in [1.29, 1.82) is 0 Å². The van der Waals surface area contributed by atoms with E-state index in [4.69, 9.17) is 15.2 Å². The number of nitrogens with zero attached hydrogens (tertiary/aromatic N) is 2. The molecule has 0 aliphatic rings. The van der Waals surface area contributed by atoms with Gasteiger partial charge < -0.3 is 30.3 Å². The Labute approximate surface area is 216 Å². The smallest absolute Gasteiger partial charge is 0.338 e. The van der Waals surface area contributed by atoms with Gasteiger partial charge in [0, 0.05) is 31.0 Å². The first-order valence-electron chi connectivity index (χ1n) is 12.7. The summed E-state index contributed by atoms with van der Waals surface area (Å²) in [7, 11) is 3.90. The number of hydrogen-bond donors (Lipinski definition) is 2. The van der Waals surface area contributed by atoms with Gasteiger partial charge in [-0.05, 0) is 82.1 Å². The van der Waals surface area contributed by atoms with Crippen LogP contribution in [0.3, 0.4) is 0 Å². The van der Waals surface area contributed by atoms with E-state index in [-0.39, 0.29) is 11.9 Å². The molecule has 2 aromatic rings. The van der Waals surface area contributed by atoms with Crippen molar-refractivity contribution in [3.63, 3.8) is 0 Å². The lowest BCUT2D eigenvalue weighted by Gasteiger charge is -2.17. The highest BCUT2D eigenvalue weighted by Crippen LogP contribution is 2.11. The van der Waals surface area contributed by atoms with E-state index < -0.39 is 0 Å². The number of benzene rings is 2. The molecule has 8 heteroatoms. The standard InChI is InChI=1S/C15H24N2O2.C13H20N2O2/c1-4-5-10-16-14-8-6-13(7-9-14)15(18)19-12-11-17(2)3;1-3-15(4-2)9-10-17-13(16)11-5-7-12(14)8-6-11/h6-9,16H,4-5,10-12H2,1-3H3;5-8H,3-4,9-10,14H2,1-2H3. The number of nitrogen functional groups attached to an aromatic ring is 1. The zero-order valence-electron chi connectivity index (χ0n) is 22.6. The molecule has 8 nitrogen and oxygen atoms in total. The van der Waals surface area contributed by atoms with Gasteiger partial charge >= 0.3 is 11.9 Å². The SMILES string of the molecule is CCCCNc1ccc(C(=O)OCCN(C)C)cc1.CCN(CC)CCOC(=O)c1ccc(N)cc1. The Balaban J connectivity index is 0.000000362. The number of carbonyl (C=O) groups excluding carboxylic acids is 2. The van der Waals surface area contributed by atoms with Crippen LogP contribution in [0.2, 0.25) is 0 Å². The summed E-state index contributed by atoms with van der Waals surface area (Å²) in [5.41, 5.74) is 8.36. The molecule has 36 heavy (non-hydrogen) atoms. The van der Waals surface area contributed by atoms with E-state index in [1.165, 1.54) is 6.42 Å². The minimum atomic E-state index is -0.294. The van der Waals surface area contributed by atoms with E-state index in [0.29, 0.717) is 30.0 Å². The fourth-order valence-corrected chi connectivity index (χ4v) is 3.05. The molecule has 2 aromatic carbocycles. The summed E-state index contributed by atoms with van der Waals surface area (Å²) in [4.78, 5) is 27.6. The Bertz CT molecular complexity index is 866. The summed E-state index contributed by atoms with van der Waals surface area (Å²) in [6, 6.07) is 14.2. The third-order valence-electron chi connectivity index (χ3n) is 5.43. The maximum atomic E-state index is 11.7. The molecule has 0 unspecified atom stereocenters. The van der Waals surface area contributed by atoms with Crippen LogP contribution in [-0.4, -0.2) is 81.8 Å². The number of likely N-dealkylation sites (N-methyl/N-ethyl adjacent to an activating group) is 2. The largest absolute Gasteiger partial charge is 0.461 e. The maximum absolute atomic E-state index is 11.7. The highest BCUT2D eigenvalue weighted by molar-refractivity contribution is 5.90. The maximum Gasteiger partial charge on any atom is 0.338 e. The van der Waals surface area contributed by atoms with Crippen LogP contribution in [0.15, 0.2) is 48.5 Å². The molecule has 0 spiro atoms. The lowest BCUT2D eigenvalue weighted by atomic mass is 10.2. The Morgan fingerprint density at radius 1 is 0.806 bits per heavy atom. The zero-order chi connectivity index (χ0) is 26.8. The molecule has 0 radical (unpaired) electrons. The molecule has 3 N–H and O–H groups in total. The van der Waals surface area contributed by atoms with Crippen LogP contribution in [0.25, 0.3) is 0 Å². The number of esters is 2. The summed E-state index contributed by atoms with van der Waals surface area (Å²) < 4.78 is 10.4. The van der Waals surface area contributed by atoms with Crippen molar-refractivity contribution in [2.24, 2.45) is 0 Å². The summed E-state index contributed by atoms with van der Waals surface area (Å²) in [5, 5.41) is 3.31. The van der Waals surface area contributed by atoms with E-state index in [2.05, 4.69) is 31.0 Å². The van der Waals surface area contributed by atoms with E-state index in [1.54, 1.807) is 36.4 Å². The fourth-order valence-electron chi connectivity index (χ4n) is 3.05. The lowest BCUT2D eigenvalue weighted by molar-refractivity contribution is 0.0462. The first kappa shape index (κ1) is 30.9. The van der Waals surface area contributed by atoms with Gasteiger partial charge in [0.1, 0.15) is 13.2 Å². The van der Waals surface area contributed by atoms with Crippen molar-refractivity contribution in [2.75, 3.05) is 71.1 Å². The van der Waals surface area contributed by atoms with Gasteiger partial charge in [-0.25, -0.2) is 9.59 Å². The van der Waals surface area contributed by atoms with E-state index in [9.17, 15) is 9.59 Å². The molecular weight excluding hydrogens is 456 g/mol. The van der Waals surface area contributed by atoms with E-state index >= 15 is 0 Å². The highest BCUT2D eigenvalue weighted by Gasteiger charge is 2.08. The van der Waals surface area contributed by atoms with E-state index in [1.807, 2.05) is 31.1 Å². The lowest BCUT2D eigenvalue weighted by Crippen LogP contribution is -2.27. The molecule has 0 aliphatic heterocycles. The second-order valence-electron chi connectivity index (χ2n) is 8.58. The normalized spacial score (nSPS) is 10.5. The number of unbranched alkanes of at least 4 members (excludes halogenated alkanes) is 1. The van der Waals surface area contributed by atoms with Gasteiger partial charge in [-0.15, -0.1) is 0 Å². The van der Waals surface area contributed by atoms with Gasteiger partial charge in [0.15, 0.2) is 0 Å². The highest BCUT2D eigenvalue weighted by atomic mass is 16.5. The summed E-state index contributed by atoms with van der Waals surface area (Å²) in [6.07, 6.45) is 2.32. The number of anilines is 2. The van der Waals surface area contributed by atoms with Gasteiger partial charge in [-0.1, -0.05) is 27.2 Å². The molecule has 0 bridgehead atoms. The zero-order valence-corrected chi connectivity index (χ0v) is 22.6. The molecule has 0 aliphatic carbocycles.